The second kappa shape index (κ2) is 7.75. The van der Waals surface area contributed by atoms with Crippen molar-refractivity contribution in [1.82, 2.24) is 9.88 Å². The molecule has 2 aromatic carbocycles. The van der Waals surface area contributed by atoms with E-state index in [4.69, 9.17) is 0 Å². The van der Waals surface area contributed by atoms with Crippen LogP contribution in [0.3, 0.4) is 0 Å². The normalized spacial score (nSPS) is 17.5. The van der Waals surface area contributed by atoms with Gasteiger partial charge in [0, 0.05) is 46.6 Å². The molecule has 28 heavy (non-hydrogen) atoms. The van der Waals surface area contributed by atoms with Gasteiger partial charge in [-0.15, -0.1) is 0 Å². The minimum absolute atomic E-state index is 0.218. The first-order valence-electron chi connectivity index (χ1n) is 9.01. The van der Waals surface area contributed by atoms with Crippen LogP contribution in [0, 0.1) is 11.6 Å². The average molecular weight is 400 g/mol. The van der Waals surface area contributed by atoms with Gasteiger partial charge in [0.15, 0.2) is 0 Å². The number of para-hydroxylation sites is 1. The quantitative estimate of drug-likeness (QED) is 0.704. The number of pyridine rings is 1. The zero-order valence-corrected chi connectivity index (χ0v) is 15.8. The van der Waals surface area contributed by atoms with Crippen molar-refractivity contribution in [2.24, 2.45) is 0 Å². The fourth-order valence-electron chi connectivity index (χ4n) is 3.54. The van der Waals surface area contributed by atoms with Gasteiger partial charge >= 0.3 is 0 Å². The van der Waals surface area contributed by atoms with Crippen LogP contribution in [0.25, 0.3) is 10.9 Å². The number of benzene rings is 2. The van der Waals surface area contributed by atoms with Crippen molar-refractivity contribution in [3.8, 4) is 0 Å². The van der Waals surface area contributed by atoms with Crippen LogP contribution in [-0.2, 0) is 0 Å². The number of amides is 1. The van der Waals surface area contributed by atoms with E-state index in [1.807, 2.05) is 6.07 Å². The topological polar surface area (TPSA) is 53.2 Å². The van der Waals surface area contributed by atoms with Gasteiger partial charge in [-0.3, -0.25) is 9.59 Å². The molecule has 1 fully saturated rings. The minimum atomic E-state index is -0.468. The van der Waals surface area contributed by atoms with Crippen LogP contribution in [0.5, 0.6) is 0 Å². The van der Waals surface area contributed by atoms with Gasteiger partial charge in [0.25, 0.3) is 5.91 Å². The number of thioether (sulfide) groups is 1. The fraction of sp³-hybridized carbons (Fsp3) is 0.238. The fourth-order valence-corrected chi connectivity index (χ4v) is 4.78. The largest absolute Gasteiger partial charge is 0.338 e. The second-order valence-corrected chi connectivity index (χ2v) is 8.01. The van der Waals surface area contributed by atoms with Gasteiger partial charge in [0.2, 0.25) is 5.56 Å². The van der Waals surface area contributed by atoms with E-state index in [2.05, 4.69) is 4.98 Å². The molecule has 1 aliphatic heterocycles. The molecule has 1 amide bonds. The number of rotatable bonds is 2. The molecule has 0 saturated carbocycles. The highest BCUT2D eigenvalue weighted by Gasteiger charge is 2.26. The highest BCUT2D eigenvalue weighted by atomic mass is 32.2. The first-order valence-corrected chi connectivity index (χ1v) is 10.1. The van der Waals surface area contributed by atoms with E-state index in [9.17, 15) is 18.4 Å². The van der Waals surface area contributed by atoms with Crippen molar-refractivity contribution in [1.29, 1.82) is 0 Å². The summed E-state index contributed by atoms with van der Waals surface area (Å²) in [4.78, 5) is 29.5. The molecule has 0 bridgehead atoms. The van der Waals surface area contributed by atoms with Crippen LogP contribution in [-0.4, -0.2) is 34.6 Å². The van der Waals surface area contributed by atoms with Gasteiger partial charge < -0.3 is 9.88 Å². The molecule has 0 spiro atoms. The van der Waals surface area contributed by atoms with E-state index in [0.717, 1.165) is 12.1 Å². The maximum Gasteiger partial charge on any atom is 0.254 e. The molecule has 2 heterocycles. The van der Waals surface area contributed by atoms with E-state index >= 15 is 0 Å². The Balaban J connectivity index is 1.59. The van der Waals surface area contributed by atoms with Crippen molar-refractivity contribution in [2.45, 2.75) is 11.7 Å². The highest BCUT2D eigenvalue weighted by molar-refractivity contribution is 7.99. The Labute approximate surface area is 164 Å². The average Bonchev–Trinajstić information content (AvgIpc) is 2.94. The Hall–Kier alpha value is -2.67. The van der Waals surface area contributed by atoms with E-state index in [0.29, 0.717) is 47.3 Å². The Bertz CT molecular complexity index is 1100. The maximum atomic E-state index is 14.1. The van der Waals surface area contributed by atoms with Gasteiger partial charge in [-0.1, -0.05) is 18.2 Å². The summed E-state index contributed by atoms with van der Waals surface area (Å²) in [5.41, 5.74) is 0.980. The van der Waals surface area contributed by atoms with Gasteiger partial charge in [-0.05, 0) is 30.7 Å². The van der Waals surface area contributed by atoms with E-state index < -0.39 is 11.6 Å². The van der Waals surface area contributed by atoms with Crippen LogP contribution in [0.2, 0.25) is 0 Å². The number of fused-ring (bicyclic) bond motifs is 1. The molecule has 1 N–H and O–H groups in total. The van der Waals surface area contributed by atoms with Crippen molar-refractivity contribution in [2.75, 3.05) is 18.8 Å². The molecule has 4 rings (SSSR count). The number of H-pyrrole nitrogens is 1. The maximum absolute atomic E-state index is 14.1. The summed E-state index contributed by atoms with van der Waals surface area (Å²) in [6, 6.07) is 12.0. The molecule has 1 atom stereocenters. The van der Waals surface area contributed by atoms with Gasteiger partial charge in [-0.25, -0.2) is 8.78 Å². The monoisotopic (exact) mass is 400 g/mol. The molecule has 1 aliphatic rings. The molecule has 4 nitrogen and oxygen atoms in total. The third-order valence-corrected chi connectivity index (χ3v) is 6.22. The van der Waals surface area contributed by atoms with Crippen LogP contribution in [0.4, 0.5) is 8.78 Å². The van der Waals surface area contributed by atoms with E-state index in [1.54, 1.807) is 23.1 Å². The molecule has 1 unspecified atom stereocenters. The summed E-state index contributed by atoms with van der Waals surface area (Å²) in [6.45, 7) is 0.894. The van der Waals surface area contributed by atoms with E-state index in [1.165, 1.54) is 23.9 Å². The summed E-state index contributed by atoms with van der Waals surface area (Å²) in [7, 11) is 0. The van der Waals surface area contributed by atoms with Crippen molar-refractivity contribution in [3.63, 3.8) is 0 Å². The zero-order valence-electron chi connectivity index (χ0n) is 15.0. The predicted octanol–water partition coefficient (Wildman–Crippen LogP) is 4.13. The number of halogens is 2. The molecular formula is C21H18F2N2O2S. The number of hydrogen-bond acceptors (Lipinski definition) is 3. The number of aromatic amines is 1. The smallest absolute Gasteiger partial charge is 0.254 e. The van der Waals surface area contributed by atoms with Crippen LogP contribution in [0.15, 0.2) is 53.3 Å². The highest BCUT2D eigenvalue weighted by Crippen LogP contribution is 2.36. The van der Waals surface area contributed by atoms with E-state index in [-0.39, 0.29) is 16.7 Å². The van der Waals surface area contributed by atoms with Crippen LogP contribution in [0.1, 0.15) is 27.6 Å². The summed E-state index contributed by atoms with van der Waals surface area (Å²) in [5, 5.41) is 0.473. The Morgan fingerprint density at radius 1 is 1.11 bits per heavy atom. The number of aromatic nitrogens is 1. The Kier molecular flexibility index (Phi) is 5.17. The van der Waals surface area contributed by atoms with Gasteiger partial charge in [0.05, 0.1) is 5.56 Å². The minimum Gasteiger partial charge on any atom is -0.338 e. The molecule has 1 saturated heterocycles. The summed E-state index contributed by atoms with van der Waals surface area (Å²) < 4.78 is 27.7. The van der Waals surface area contributed by atoms with Gasteiger partial charge in [0.1, 0.15) is 11.6 Å². The zero-order chi connectivity index (χ0) is 19.7. The van der Waals surface area contributed by atoms with Crippen molar-refractivity contribution < 1.29 is 13.6 Å². The standard InChI is InChI=1S/C21H18F2N2O2S/c22-13-5-6-17(23)16(11-13)19-7-8-25(9-10-28-19)21(27)15-12-20(26)24-18-4-2-1-3-14(15)18/h1-6,11-12,19H,7-10H2,(H,24,26). The number of carbonyl (C=O) groups excluding carboxylic acids is 1. The lowest BCUT2D eigenvalue weighted by Crippen LogP contribution is -2.33. The lowest BCUT2D eigenvalue weighted by molar-refractivity contribution is 0.0768. The third-order valence-electron chi connectivity index (χ3n) is 4.91. The first kappa shape index (κ1) is 18.7. The predicted molar refractivity (Wildman–Crippen MR) is 107 cm³/mol. The molecule has 1 aromatic heterocycles. The molecule has 144 valence electrons. The molecule has 7 heteroatoms. The first-order chi connectivity index (χ1) is 13.5. The lowest BCUT2D eigenvalue weighted by atomic mass is 10.1. The van der Waals surface area contributed by atoms with Crippen LogP contribution < -0.4 is 5.56 Å². The number of hydrogen-bond donors (Lipinski definition) is 1. The lowest BCUT2D eigenvalue weighted by Gasteiger charge is -2.21. The summed E-state index contributed by atoms with van der Waals surface area (Å²) >= 11 is 1.51. The Morgan fingerprint density at radius 3 is 2.79 bits per heavy atom. The number of nitrogens with one attached hydrogen (secondary N) is 1. The van der Waals surface area contributed by atoms with Crippen molar-refractivity contribution in [3.05, 3.63) is 81.6 Å². The molecule has 3 aromatic rings. The molecule has 0 aliphatic carbocycles. The SMILES string of the molecule is O=C(c1cc(=O)[nH]c2ccccc12)N1CCSC(c2cc(F)ccc2F)CC1. The summed E-state index contributed by atoms with van der Waals surface area (Å²) in [6.07, 6.45) is 0.512. The third kappa shape index (κ3) is 3.67. The molecular weight excluding hydrogens is 382 g/mol. The number of carbonyl (C=O) groups is 1. The second-order valence-electron chi connectivity index (χ2n) is 6.70. The van der Waals surface area contributed by atoms with Crippen molar-refractivity contribution >= 4 is 28.6 Å². The Morgan fingerprint density at radius 2 is 1.93 bits per heavy atom. The number of nitrogens with zero attached hydrogens (tertiary/aromatic N) is 1. The molecule has 0 radical (unpaired) electrons. The van der Waals surface area contributed by atoms with Gasteiger partial charge in [-0.2, -0.15) is 11.8 Å². The summed E-state index contributed by atoms with van der Waals surface area (Å²) in [5.74, 6) is -0.514. The van der Waals surface area contributed by atoms with Crippen LogP contribution >= 0.6 is 11.8 Å².